The lowest BCUT2D eigenvalue weighted by molar-refractivity contribution is -0.0498. The highest BCUT2D eigenvalue weighted by Gasteiger charge is 2.34. The van der Waals surface area contributed by atoms with Crippen molar-refractivity contribution in [3.05, 3.63) is 24.3 Å². The molecule has 0 amide bonds. The van der Waals surface area contributed by atoms with Crippen LogP contribution in [0.4, 0.5) is 14.5 Å². The topological polar surface area (TPSA) is 24.5 Å². The summed E-state index contributed by atoms with van der Waals surface area (Å²) < 4.78 is 28.7. The normalized spacial score (nSPS) is 24.2. The molecule has 2 atom stereocenters. The maximum absolute atomic E-state index is 12.2. The van der Waals surface area contributed by atoms with Crippen molar-refractivity contribution in [3.63, 3.8) is 0 Å². The molecule has 1 aliphatic carbocycles. The average molecular weight is 340 g/mol. The molecule has 23 heavy (non-hydrogen) atoms. The van der Waals surface area contributed by atoms with Gasteiger partial charge in [0.2, 0.25) is 0 Å². The molecule has 1 saturated carbocycles. The summed E-state index contributed by atoms with van der Waals surface area (Å²) in [5, 5.41) is 3.98. The third-order valence-electron chi connectivity index (χ3n) is 4.83. The van der Waals surface area contributed by atoms with E-state index >= 15 is 0 Å². The number of thiocarbonyl (C=S) groups is 1. The Morgan fingerprint density at radius 1 is 1.13 bits per heavy atom. The number of hydrogen-bond acceptors (Lipinski definition) is 2. The van der Waals surface area contributed by atoms with Crippen LogP contribution in [-0.4, -0.2) is 29.2 Å². The minimum absolute atomic E-state index is 0.154. The van der Waals surface area contributed by atoms with Gasteiger partial charge in [-0.25, -0.2) is 0 Å². The van der Waals surface area contributed by atoms with Crippen LogP contribution >= 0.6 is 12.2 Å². The first-order valence-electron chi connectivity index (χ1n) is 8.26. The van der Waals surface area contributed by atoms with Crippen molar-refractivity contribution in [1.29, 1.82) is 0 Å². The second-order valence-corrected chi connectivity index (χ2v) is 6.67. The van der Waals surface area contributed by atoms with E-state index in [1.165, 1.54) is 50.7 Å². The van der Waals surface area contributed by atoms with Crippen molar-refractivity contribution in [3.8, 4) is 5.75 Å². The summed E-state index contributed by atoms with van der Waals surface area (Å²) in [6.45, 7) is -1.80. The molecule has 3 rings (SSSR count). The van der Waals surface area contributed by atoms with Gasteiger partial charge >= 0.3 is 6.61 Å². The first kappa shape index (κ1) is 16.4. The number of hydrogen-bond donors (Lipinski definition) is 1. The Morgan fingerprint density at radius 2 is 1.83 bits per heavy atom. The van der Waals surface area contributed by atoms with E-state index in [0.717, 1.165) is 23.3 Å². The number of fused-ring (bicyclic) bond motifs is 1. The number of alkyl halides is 2. The standard InChI is InChI=1S/C17H22F2N2OS/c18-16(19)22-14-9-7-13(8-10-14)20-17(23)21-11-3-5-12-4-1-2-6-15(12)21/h7-10,12,15-16H,1-6,11H2,(H,20,23)/t12-,15+/m0/s1. The Hall–Kier alpha value is -1.43. The fourth-order valence-electron chi connectivity index (χ4n) is 3.79. The molecule has 3 nitrogen and oxygen atoms in total. The smallest absolute Gasteiger partial charge is 0.387 e. The van der Waals surface area contributed by atoms with E-state index in [0.29, 0.717) is 6.04 Å². The molecule has 2 fully saturated rings. The van der Waals surface area contributed by atoms with Crippen molar-refractivity contribution in [1.82, 2.24) is 4.90 Å². The average Bonchev–Trinajstić information content (AvgIpc) is 2.55. The SMILES string of the molecule is FC(F)Oc1ccc(NC(=S)N2CCC[C@@H]3CCCC[C@H]32)cc1. The minimum Gasteiger partial charge on any atom is -0.435 e. The van der Waals surface area contributed by atoms with Crippen molar-refractivity contribution in [2.45, 2.75) is 51.2 Å². The molecule has 1 N–H and O–H groups in total. The van der Waals surface area contributed by atoms with Crippen LogP contribution in [0, 0.1) is 5.92 Å². The summed E-state index contributed by atoms with van der Waals surface area (Å²) in [5.41, 5.74) is 0.801. The monoisotopic (exact) mass is 340 g/mol. The fraction of sp³-hybridized carbons (Fsp3) is 0.588. The predicted molar refractivity (Wildman–Crippen MR) is 91.0 cm³/mol. The van der Waals surface area contributed by atoms with Gasteiger partial charge in [0.15, 0.2) is 5.11 Å². The van der Waals surface area contributed by atoms with Crippen molar-refractivity contribution in [2.75, 3.05) is 11.9 Å². The van der Waals surface area contributed by atoms with E-state index in [2.05, 4.69) is 15.0 Å². The highest BCUT2D eigenvalue weighted by atomic mass is 32.1. The summed E-state index contributed by atoms with van der Waals surface area (Å²) >= 11 is 5.59. The minimum atomic E-state index is -2.80. The third kappa shape index (κ3) is 4.10. The fourth-order valence-corrected chi connectivity index (χ4v) is 4.14. The van der Waals surface area contributed by atoms with Gasteiger partial charge in [-0.15, -0.1) is 0 Å². The zero-order valence-electron chi connectivity index (χ0n) is 13.0. The van der Waals surface area contributed by atoms with Crippen molar-refractivity contribution in [2.24, 2.45) is 5.92 Å². The van der Waals surface area contributed by atoms with Crippen molar-refractivity contribution >= 4 is 23.0 Å². The molecule has 1 aromatic carbocycles. The molecule has 1 aliphatic heterocycles. The van der Waals surface area contributed by atoms with Gasteiger partial charge in [0, 0.05) is 18.3 Å². The number of piperidine rings is 1. The predicted octanol–water partition coefficient (Wildman–Crippen LogP) is 4.64. The Labute approximate surface area is 141 Å². The largest absolute Gasteiger partial charge is 0.435 e. The molecular weight excluding hydrogens is 318 g/mol. The molecule has 1 saturated heterocycles. The molecule has 0 aromatic heterocycles. The van der Waals surface area contributed by atoms with Crippen LogP contribution in [0.2, 0.25) is 0 Å². The van der Waals surface area contributed by atoms with Gasteiger partial charge in [0.25, 0.3) is 0 Å². The second kappa shape index (κ2) is 7.43. The van der Waals surface area contributed by atoms with Crippen LogP contribution in [0.1, 0.15) is 38.5 Å². The number of anilines is 1. The molecule has 0 unspecified atom stereocenters. The zero-order valence-corrected chi connectivity index (χ0v) is 13.8. The molecular formula is C17H22F2N2OS. The maximum Gasteiger partial charge on any atom is 0.387 e. The first-order valence-corrected chi connectivity index (χ1v) is 8.67. The summed E-state index contributed by atoms with van der Waals surface area (Å²) in [6, 6.07) is 7.03. The van der Waals surface area contributed by atoms with Crippen LogP contribution in [0.25, 0.3) is 0 Å². The van der Waals surface area contributed by atoms with Gasteiger partial charge in [-0.05, 0) is 68.1 Å². The Bertz CT molecular complexity index is 536. The van der Waals surface area contributed by atoms with Gasteiger partial charge in [-0.3, -0.25) is 0 Å². The highest BCUT2D eigenvalue weighted by Crippen LogP contribution is 2.35. The van der Waals surface area contributed by atoms with E-state index in [1.807, 2.05) is 0 Å². The highest BCUT2D eigenvalue weighted by molar-refractivity contribution is 7.80. The summed E-state index contributed by atoms with van der Waals surface area (Å²) in [6.07, 6.45) is 7.63. The van der Waals surface area contributed by atoms with Gasteiger partial charge in [-0.2, -0.15) is 8.78 Å². The van der Waals surface area contributed by atoms with E-state index in [1.54, 1.807) is 12.1 Å². The van der Waals surface area contributed by atoms with Gasteiger partial charge in [0.1, 0.15) is 5.75 Å². The van der Waals surface area contributed by atoms with Crippen LogP contribution in [-0.2, 0) is 0 Å². The summed E-state index contributed by atoms with van der Waals surface area (Å²) in [7, 11) is 0. The van der Waals surface area contributed by atoms with E-state index in [-0.39, 0.29) is 5.75 Å². The lowest BCUT2D eigenvalue weighted by Gasteiger charge is -2.45. The zero-order chi connectivity index (χ0) is 16.2. The van der Waals surface area contributed by atoms with E-state index < -0.39 is 6.61 Å². The number of nitrogens with one attached hydrogen (secondary N) is 1. The number of likely N-dealkylation sites (tertiary alicyclic amines) is 1. The van der Waals surface area contributed by atoms with Gasteiger partial charge in [-0.1, -0.05) is 12.8 Å². The van der Waals surface area contributed by atoms with Crippen molar-refractivity contribution < 1.29 is 13.5 Å². The molecule has 6 heteroatoms. The van der Waals surface area contributed by atoms with Gasteiger partial charge < -0.3 is 15.0 Å². The summed E-state index contributed by atoms with van der Waals surface area (Å²) in [5.74, 6) is 0.917. The van der Waals surface area contributed by atoms with E-state index in [4.69, 9.17) is 12.2 Å². The number of benzene rings is 1. The molecule has 2 aliphatic rings. The van der Waals surface area contributed by atoms with E-state index in [9.17, 15) is 8.78 Å². The molecule has 0 bridgehead atoms. The number of nitrogens with zero attached hydrogens (tertiary/aromatic N) is 1. The van der Waals surface area contributed by atoms with Crippen LogP contribution in [0.3, 0.4) is 0 Å². The number of rotatable bonds is 3. The van der Waals surface area contributed by atoms with Crippen LogP contribution < -0.4 is 10.1 Å². The van der Waals surface area contributed by atoms with Gasteiger partial charge in [0.05, 0.1) is 0 Å². The van der Waals surface area contributed by atoms with Crippen LogP contribution in [0.5, 0.6) is 5.75 Å². The molecule has 1 aromatic rings. The first-order chi connectivity index (χ1) is 11.1. The van der Waals surface area contributed by atoms with Crippen LogP contribution in [0.15, 0.2) is 24.3 Å². The molecule has 0 radical (unpaired) electrons. The Morgan fingerprint density at radius 3 is 2.57 bits per heavy atom. The Balaban J connectivity index is 1.61. The molecule has 0 spiro atoms. The lowest BCUT2D eigenvalue weighted by atomic mass is 9.78. The quantitative estimate of drug-likeness (QED) is 0.810. The number of halogens is 2. The molecule has 126 valence electrons. The maximum atomic E-state index is 12.2. The Kier molecular flexibility index (Phi) is 5.30. The lowest BCUT2D eigenvalue weighted by Crippen LogP contribution is -2.51. The second-order valence-electron chi connectivity index (χ2n) is 6.28. The third-order valence-corrected chi connectivity index (χ3v) is 5.17. The number of ether oxygens (including phenoxy) is 1. The molecule has 1 heterocycles. The summed E-state index contributed by atoms with van der Waals surface area (Å²) in [4.78, 5) is 2.33.